The van der Waals surface area contributed by atoms with Gasteiger partial charge in [-0.05, 0) is 62.6 Å². The normalized spacial score (nSPS) is 21.7. The molecule has 2 aliphatic rings. The molecule has 0 saturated carbocycles. The van der Waals surface area contributed by atoms with Crippen LogP contribution in [-0.4, -0.2) is 51.3 Å². The number of imide groups is 1. The summed E-state index contributed by atoms with van der Waals surface area (Å²) in [6.07, 6.45) is 5.89. The summed E-state index contributed by atoms with van der Waals surface area (Å²) in [6.45, 7) is 7.30. The number of aryl methyl sites for hydroxylation is 1. The molecule has 1 N–H and O–H groups in total. The number of hydrogen-bond acceptors (Lipinski definition) is 5. The molecule has 0 aliphatic carbocycles. The Kier molecular flexibility index (Phi) is 6.54. The van der Waals surface area contributed by atoms with Crippen molar-refractivity contribution in [1.29, 1.82) is 0 Å². The van der Waals surface area contributed by atoms with Crippen LogP contribution in [0, 0.1) is 18.8 Å². The van der Waals surface area contributed by atoms with Crippen molar-refractivity contribution in [2.24, 2.45) is 11.8 Å². The Balaban J connectivity index is 1.51. The topological polar surface area (TPSA) is 95.8 Å². The zero-order chi connectivity index (χ0) is 23.6. The Labute approximate surface area is 194 Å². The molecule has 0 unspecified atom stereocenters. The minimum absolute atomic E-state index is 0.0387. The van der Waals surface area contributed by atoms with Crippen LogP contribution in [0.15, 0.2) is 41.1 Å². The van der Waals surface area contributed by atoms with E-state index in [2.05, 4.69) is 24.1 Å². The fourth-order valence-electron chi connectivity index (χ4n) is 4.92. The van der Waals surface area contributed by atoms with Crippen molar-refractivity contribution in [2.75, 3.05) is 13.1 Å². The molecule has 2 fully saturated rings. The average molecular weight is 453 g/mol. The van der Waals surface area contributed by atoms with Crippen molar-refractivity contribution in [3.8, 4) is 0 Å². The van der Waals surface area contributed by atoms with E-state index >= 15 is 0 Å². The van der Waals surface area contributed by atoms with E-state index in [1.54, 1.807) is 17.2 Å². The van der Waals surface area contributed by atoms with Crippen LogP contribution in [0.5, 0.6) is 0 Å². The van der Waals surface area contributed by atoms with Gasteiger partial charge in [0, 0.05) is 24.8 Å². The molecule has 0 bridgehead atoms. The first kappa shape index (κ1) is 23.0. The third-order valence-corrected chi connectivity index (χ3v) is 6.90. The van der Waals surface area contributed by atoms with Crippen LogP contribution in [-0.2, 0) is 11.3 Å². The number of carbonyl (C=O) groups is 3. The highest BCUT2D eigenvalue weighted by Gasteiger charge is 2.55. The van der Waals surface area contributed by atoms with E-state index in [0.29, 0.717) is 49.7 Å². The number of urea groups is 1. The first-order chi connectivity index (χ1) is 15.8. The van der Waals surface area contributed by atoms with Crippen molar-refractivity contribution in [1.82, 2.24) is 20.1 Å². The summed E-state index contributed by atoms with van der Waals surface area (Å²) in [5.74, 6) is 0.439. The number of nitrogens with one attached hydrogen (secondary N) is 1. The highest BCUT2D eigenvalue weighted by atomic mass is 16.3. The number of aromatic nitrogens is 1. The molecule has 2 aromatic heterocycles. The van der Waals surface area contributed by atoms with Gasteiger partial charge in [-0.2, -0.15) is 0 Å². The summed E-state index contributed by atoms with van der Waals surface area (Å²) in [5, 5.41) is 3.08. The maximum atomic E-state index is 13.7. The second-order valence-corrected chi connectivity index (χ2v) is 9.55. The van der Waals surface area contributed by atoms with Crippen molar-refractivity contribution in [3.63, 3.8) is 0 Å². The third kappa shape index (κ3) is 4.51. The van der Waals surface area contributed by atoms with Gasteiger partial charge in [0.25, 0.3) is 11.8 Å². The molecular formula is C25H32N4O4. The van der Waals surface area contributed by atoms with Crippen molar-refractivity contribution in [2.45, 2.75) is 58.5 Å². The monoisotopic (exact) mass is 452 g/mol. The van der Waals surface area contributed by atoms with E-state index < -0.39 is 5.54 Å². The third-order valence-electron chi connectivity index (χ3n) is 6.90. The molecular weight excluding hydrogens is 420 g/mol. The lowest BCUT2D eigenvalue weighted by molar-refractivity contribution is -0.134. The molecule has 33 heavy (non-hydrogen) atoms. The number of hydrogen-bond donors (Lipinski definition) is 1. The molecule has 1 atom stereocenters. The zero-order valence-electron chi connectivity index (χ0n) is 19.5. The molecule has 176 valence electrons. The average Bonchev–Trinajstić information content (AvgIpc) is 3.35. The van der Waals surface area contributed by atoms with Gasteiger partial charge in [-0.3, -0.25) is 19.5 Å². The lowest BCUT2D eigenvalue weighted by Crippen LogP contribution is -2.56. The number of piperidine rings is 1. The molecule has 4 rings (SSSR count). The van der Waals surface area contributed by atoms with Crippen molar-refractivity contribution < 1.29 is 18.8 Å². The number of nitrogens with zero attached hydrogens (tertiary/aromatic N) is 3. The van der Waals surface area contributed by atoms with Crippen LogP contribution in [0.25, 0.3) is 0 Å². The lowest BCUT2D eigenvalue weighted by atomic mass is 9.73. The van der Waals surface area contributed by atoms with Crippen LogP contribution < -0.4 is 5.32 Å². The number of carbonyl (C=O) groups excluding carboxylic acids is 3. The molecule has 2 saturated heterocycles. The van der Waals surface area contributed by atoms with E-state index in [4.69, 9.17) is 4.42 Å². The molecule has 0 aromatic carbocycles. The molecule has 4 amide bonds. The Morgan fingerprint density at radius 2 is 2.00 bits per heavy atom. The van der Waals surface area contributed by atoms with Crippen LogP contribution >= 0.6 is 0 Å². The summed E-state index contributed by atoms with van der Waals surface area (Å²) in [4.78, 5) is 46.9. The van der Waals surface area contributed by atoms with E-state index in [1.165, 1.54) is 11.2 Å². The number of furan rings is 1. The first-order valence-electron chi connectivity index (χ1n) is 11.7. The maximum Gasteiger partial charge on any atom is 0.325 e. The van der Waals surface area contributed by atoms with Gasteiger partial charge >= 0.3 is 6.03 Å². The fourth-order valence-corrected chi connectivity index (χ4v) is 4.92. The smallest absolute Gasteiger partial charge is 0.325 e. The molecule has 2 aliphatic heterocycles. The second kappa shape index (κ2) is 9.37. The zero-order valence-corrected chi connectivity index (χ0v) is 19.5. The Bertz CT molecular complexity index is 1010. The van der Waals surface area contributed by atoms with Crippen LogP contribution in [0.1, 0.15) is 61.3 Å². The van der Waals surface area contributed by atoms with Gasteiger partial charge in [-0.25, -0.2) is 4.79 Å². The summed E-state index contributed by atoms with van der Waals surface area (Å²) < 4.78 is 5.38. The van der Waals surface area contributed by atoms with Gasteiger partial charge in [-0.15, -0.1) is 0 Å². The SMILES string of the molecule is Cc1ccoc1C(=O)N1CCC([C@]2(CCC(C)C)NC(=O)N(Cc3ccccn3)C2=O)CC1. The summed E-state index contributed by atoms with van der Waals surface area (Å²) in [6, 6.07) is 6.89. The first-order valence-corrected chi connectivity index (χ1v) is 11.7. The maximum absolute atomic E-state index is 13.7. The summed E-state index contributed by atoms with van der Waals surface area (Å²) >= 11 is 0. The Hall–Kier alpha value is -3.16. The molecule has 2 aromatic rings. The quantitative estimate of drug-likeness (QED) is 0.646. The largest absolute Gasteiger partial charge is 0.459 e. The lowest BCUT2D eigenvalue weighted by Gasteiger charge is -2.41. The predicted octanol–water partition coefficient (Wildman–Crippen LogP) is 3.76. The minimum atomic E-state index is -0.939. The van der Waals surface area contributed by atoms with Crippen LogP contribution in [0.3, 0.4) is 0 Å². The predicted molar refractivity (Wildman–Crippen MR) is 122 cm³/mol. The fraction of sp³-hybridized carbons (Fsp3) is 0.520. The van der Waals surface area contributed by atoms with Crippen LogP contribution in [0.2, 0.25) is 0 Å². The number of rotatable bonds is 7. The van der Waals surface area contributed by atoms with E-state index in [-0.39, 0.29) is 30.3 Å². The van der Waals surface area contributed by atoms with E-state index in [1.807, 2.05) is 25.1 Å². The van der Waals surface area contributed by atoms with Gasteiger partial charge in [0.05, 0.1) is 18.5 Å². The Morgan fingerprint density at radius 1 is 1.24 bits per heavy atom. The van der Waals surface area contributed by atoms with Gasteiger partial charge in [0.1, 0.15) is 5.54 Å². The Morgan fingerprint density at radius 3 is 2.61 bits per heavy atom. The van der Waals surface area contributed by atoms with Crippen molar-refractivity contribution in [3.05, 3.63) is 53.7 Å². The number of likely N-dealkylation sites (tertiary alicyclic amines) is 1. The summed E-state index contributed by atoms with van der Waals surface area (Å²) in [5.41, 5.74) is 0.556. The van der Waals surface area contributed by atoms with Gasteiger partial charge in [0.2, 0.25) is 0 Å². The van der Waals surface area contributed by atoms with E-state index in [0.717, 1.165) is 12.0 Å². The number of amides is 4. The van der Waals surface area contributed by atoms with Gasteiger partial charge in [-0.1, -0.05) is 19.9 Å². The minimum Gasteiger partial charge on any atom is -0.459 e. The van der Waals surface area contributed by atoms with Crippen LogP contribution in [0.4, 0.5) is 4.79 Å². The van der Waals surface area contributed by atoms with Gasteiger partial charge < -0.3 is 14.6 Å². The molecule has 0 spiro atoms. The second-order valence-electron chi connectivity index (χ2n) is 9.55. The standard InChI is InChI=1S/C25H32N4O4/c1-17(2)7-11-25(23(31)29(24(32)27-25)16-20-6-4-5-12-26-20)19-8-13-28(14-9-19)22(30)21-18(3)10-15-33-21/h4-6,10,12,15,17,19H,7-9,11,13-14,16H2,1-3H3,(H,27,32)/t25-/m0/s1. The highest BCUT2D eigenvalue weighted by Crippen LogP contribution is 2.38. The summed E-state index contributed by atoms with van der Waals surface area (Å²) in [7, 11) is 0. The van der Waals surface area contributed by atoms with Gasteiger partial charge in [0.15, 0.2) is 5.76 Å². The highest BCUT2D eigenvalue weighted by molar-refractivity contribution is 6.07. The van der Waals surface area contributed by atoms with E-state index in [9.17, 15) is 14.4 Å². The molecule has 0 radical (unpaired) electrons. The molecule has 8 nitrogen and oxygen atoms in total. The van der Waals surface area contributed by atoms with Crippen molar-refractivity contribution >= 4 is 17.8 Å². The molecule has 8 heteroatoms. The number of pyridine rings is 1. The molecule has 4 heterocycles.